The molecule has 1 amide bonds. The number of halogens is 4. The summed E-state index contributed by atoms with van der Waals surface area (Å²) in [7, 11) is 1.88. The Morgan fingerprint density at radius 1 is 1.03 bits per heavy atom. The van der Waals surface area contributed by atoms with E-state index in [1.54, 1.807) is 48.9 Å². The molecule has 0 saturated carbocycles. The quantitative estimate of drug-likeness (QED) is 0.207. The zero-order valence-corrected chi connectivity index (χ0v) is 21.5. The number of benzene rings is 2. The summed E-state index contributed by atoms with van der Waals surface area (Å²) < 4.78 is 58.9. The van der Waals surface area contributed by atoms with Crippen molar-refractivity contribution in [3.8, 4) is 10.6 Å². The van der Waals surface area contributed by atoms with Crippen LogP contribution in [-0.2, 0) is 18.3 Å². The van der Waals surface area contributed by atoms with Gasteiger partial charge in [-0.1, -0.05) is 24.3 Å². The number of carbonyl (C=O) groups excluding carboxylic acids is 1. The average molecular weight is 554 g/mol. The van der Waals surface area contributed by atoms with Gasteiger partial charge in [-0.05, 0) is 47.5 Å². The molecule has 3 heterocycles. The number of thiophene rings is 1. The number of carbonyl (C=O) groups is 1. The maximum atomic E-state index is 15.1. The minimum atomic E-state index is -4.73. The number of aryl methyl sites for hydroxylation is 1. The van der Waals surface area contributed by atoms with Gasteiger partial charge in [-0.2, -0.15) is 13.2 Å². The zero-order valence-electron chi connectivity index (χ0n) is 20.7. The third-order valence-corrected chi connectivity index (χ3v) is 7.29. The van der Waals surface area contributed by atoms with Gasteiger partial charge < -0.3 is 15.2 Å². The van der Waals surface area contributed by atoms with Crippen molar-refractivity contribution in [2.75, 3.05) is 10.6 Å². The average Bonchev–Trinajstić information content (AvgIpc) is 3.52. The molecule has 11 heteroatoms. The van der Waals surface area contributed by atoms with Crippen LogP contribution in [-0.4, -0.2) is 32.7 Å². The predicted octanol–water partition coefficient (Wildman–Crippen LogP) is 6.80. The van der Waals surface area contributed by atoms with Crippen molar-refractivity contribution in [2.24, 2.45) is 7.05 Å². The molecule has 2 aromatic carbocycles. The van der Waals surface area contributed by atoms with Gasteiger partial charge in [-0.25, -0.2) is 9.37 Å². The molecular weight excluding hydrogens is 530 g/mol. The van der Waals surface area contributed by atoms with Crippen molar-refractivity contribution in [1.29, 1.82) is 0 Å². The van der Waals surface area contributed by atoms with Crippen molar-refractivity contribution in [1.82, 2.24) is 14.5 Å². The number of anilines is 2. The fourth-order valence-electron chi connectivity index (χ4n) is 4.15. The first-order chi connectivity index (χ1) is 18.7. The number of nitrogens with one attached hydrogen (secondary N) is 2. The van der Waals surface area contributed by atoms with Crippen LogP contribution in [0, 0.1) is 5.82 Å². The molecule has 3 aromatic heterocycles. The Hall–Kier alpha value is -4.25. The van der Waals surface area contributed by atoms with Gasteiger partial charge in [0.25, 0.3) is 0 Å². The summed E-state index contributed by atoms with van der Waals surface area (Å²) in [4.78, 5) is 22.0. The van der Waals surface area contributed by atoms with Crippen LogP contribution in [0.5, 0.6) is 0 Å². The fraction of sp³-hybridized carbons (Fsp3) is 0.179. The number of hydrogen-bond donors (Lipinski definition) is 2. The highest BCUT2D eigenvalue weighted by molar-refractivity contribution is 7.22. The first-order valence-electron chi connectivity index (χ1n) is 12.0. The number of aromatic nitrogens is 3. The smallest absolute Gasteiger partial charge is 0.373 e. The maximum absolute atomic E-state index is 15.1. The molecule has 39 heavy (non-hydrogen) atoms. The van der Waals surface area contributed by atoms with Crippen LogP contribution in [0.3, 0.4) is 0 Å². The van der Waals surface area contributed by atoms with Crippen molar-refractivity contribution in [3.63, 3.8) is 0 Å². The number of rotatable bonds is 8. The largest absolute Gasteiger partial charge is 0.409 e. The highest BCUT2D eigenvalue weighted by Crippen LogP contribution is 2.35. The number of para-hydroxylation sites is 1. The summed E-state index contributed by atoms with van der Waals surface area (Å²) in [5.41, 5.74) is 3.06. The molecule has 5 aromatic rings. The third-order valence-electron chi connectivity index (χ3n) is 6.07. The number of pyridine rings is 1. The van der Waals surface area contributed by atoms with Gasteiger partial charge in [-0.3, -0.25) is 9.78 Å². The van der Waals surface area contributed by atoms with Crippen LogP contribution in [0.25, 0.3) is 20.8 Å². The minimum absolute atomic E-state index is 0.0699. The Morgan fingerprint density at radius 3 is 2.51 bits per heavy atom. The highest BCUT2D eigenvalue weighted by atomic mass is 32.1. The van der Waals surface area contributed by atoms with Crippen molar-refractivity contribution in [2.45, 2.75) is 25.1 Å². The van der Waals surface area contributed by atoms with E-state index in [1.807, 2.05) is 23.9 Å². The lowest BCUT2D eigenvalue weighted by atomic mass is 10.0. The van der Waals surface area contributed by atoms with Gasteiger partial charge in [0.2, 0.25) is 5.91 Å². The molecule has 1 atom stereocenters. The summed E-state index contributed by atoms with van der Waals surface area (Å²) in [6.07, 6.45) is -0.109. The molecule has 0 aliphatic heterocycles. The van der Waals surface area contributed by atoms with Crippen LogP contribution < -0.4 is 10.6 Å². The lowest BCUT2D eigenvalue weighted by Crippen LogP contribution is -2.39. The maximum Gasteiger partial charge on any atom is 0.409 e. The monoisotopic (exact) mass is 553 g/mol. The van der Waals surface area contributed by atoms with E-state index in [0.29, 0.717) is 11.3 Å². The molecule has 0 saturated heterocycles. The third kappa shape index (κ3) is 6.26. The molecule has 1 unspecified atom stereocenters. The molecule has 0 spiro atoms. The Labute approximate surface area is 225 Å². The second-order valence-corrected chi connectivity index (χ2v) is 10.1. The predicted molar refractivity (Wildman–Crippen MR) is 144 cm³/mol. The van der Waals surface area contributed by atoms with Crippen LogP contribution in [0.4, 0.5) is 28.9 Å². The van der Waals surface area contributed by atoms with Crippen LogP contribution in [0.2, 0.25) is 0 Å². The van der Waals surface area contributed by atoms with E-state index in [-0.39, 0.29) is 12.1 Å². The molecule has 5 rings (SSSR count). The first kappa shape index (κ1) is 26.4. The summed E-state index contributed by atoms with van der Waals surface area (Å²) in [5.74, 6) is -1.46. The molecular formula is C28H23F4N5OS. The van der Waals surface area contributed by atoms with Gasteiger partial charge >= 0.3 is 6.18 Å². The van der Waals surface area contributed by atoms with Gasteiger partial charge in [0, 0.05) is 37.2 Å². The van der Waals surface area contributed by atoms with E-state index in [1.165, 1.54) is 23.5 Å². The lowest BCUT2D eigenvalue weighted by Gasteiger charge is -2.22. The topological polar surface area (TPSA) is 71.8 Å². The van der Waals surface area contributed by atoms with E-state index in [0.717, 1.165) is 32.4 Å². The second-order valence-electron chi connectivity index (χ2n) is 9.06. The van der Waals surface area contributed by atoms with Crippen molar-refractivity contribution < 1.29 is 22.4 Å². The number of amides is 1. The summed E-state index contributed by atoms with van der Waals surface area (Å²) >= 11 is 1.50. The Kier molecular flexibility index (Phi) is 7.34. The molecule has 0 aliphatic carbocycles. The van der Waals surface area contributed by atoms with Gasteiger partial charge in [0.15, 0.2) is 0 Å². The van der Waals surface area contributed by atoms with Gasteiger partial charge in [0.1, 0.15) is 11.9 Å². The van der Waals surface area contributed by atoms with Crippen molar-refractivity contribution >= 4 is 38.8 Å². The standard InChI is InChI=1S/C28H23F4N5OS/c1-37-15-23(34-16-37)24-13-22-27(39-24)18(9-10-33-22)11-17-7-8-20(12-21(17)29)35-25(28(30,31)32)14-26(38)36-19-5-3-2-4-6-19/h2-10,12-13,15-16,25,35H,11,14H2,1H3,(H,36,38). The summed E-state index contributed by atoms with van der Waals surface area (Å²) in [6, 6.07) is 13.6. The molecule has 6 nitrogen and oxygen atoms in total. The second kappa shape index (κ2) is 10.9. The van der Waals surface area contributed by atoms with Crippen molar-refractivity contribution in [3.05, 3.63) is 96.3 Å². The Morgan fingerprint density at radius 2 is 1.82 bits per heavy atom. The number of imidazole rings is 1. The highest BCUT2D eigenvalue weighted by Gasteiger charge is 2.41. The summed E-state index contributed by atoms with van der Waals surface area (Å²) in [6.45, 7) is 0. The normalized spacial score (nSPS) is 12.4. The zero-order chi connectivity index (χ0) is 27.6. The molecule has 200 valence electrons. The number of fused-ring (bicyclic) bond motifs is 1. The Bertz CT molecular complexity index is 1610. The number of hydrogen-bond acceptors (Lipinski definition) is 5. The fourth-order valence-corrected chi connectivity index (χ4v) is 5.24. The van der Waals surface area contributed by atoms with E-state index in [4.69, 9.17) is 0 Å². The van der Waals surface area contributed by atoms with E-state index < -0.39 is 30.4 Å². The Balaban J connectivity index is 1.32. The van der Waals surface area contributed by atoms with E-state index in [9.17, 15) is 18.0 Å². The molecule has 2 N–H and O–H groups in total. The van der Waals surface area contributed by atoms with E-state index >= 15 is 4.39 Å². The number of nitrogens with zero attached hydrogens (tertiary/aromatic N) is 3. The van der Waals surface area contributed by atoms with Gasteiger partial charge in [0.05, 0.1) is 33.5 Å². The van der Waals surface area contributed by atoms with Crippen LogP contribution in [0.15, 0.2) is 79.4 Å². The minimum Gasteiger partial charge on any atom is -0.373 e. The first-order valence-corrected chi connectivity index (χ1v) is 12.8. The lowest BCUT2D eigenvalue weighted by molar-refractivity contribution is -0.148. The SMILES string of the molecule is Cn1cnc(-c2cc3nccc(Cc4ccc(NC(CC(=O)Nc5ccccc5)C(F)(F)F)cc4F)c3s2)c1. The molecule has 0 radical (unpaired) electrons. The van der Waals surface area contributed by atoms with Gasteiger partial charge in [-0.15, -0.1) is 11.3 Å². The van der Waals surface area contributed by atoms with Crippen LogP contribution >= 0.6 is 11.3 Å². The molecule has 0 bridgehead atoms. The van der Waals surface area contributed by atoms with E-state index in [2.05, 4.69) is 20.6 Å². The molecule has 0 fully saturated rings. The summed E-state index contributed by atoms with van der Waals surface area (Å²) in [5, 5.41) is 4.72. The van der Waals surface area contributed by atoms with Crippen LogP contribution in [0.1, 0.15) is 17.5 Å². The molecule has 0 aliphatic rings. The number of alkyl halides is 3.